The Morgan fingerprint density at radius 2 is 2.00 bits per heavy atom. The summed E-state index contributed by atoms with van der Waals surface area (Å²) in [6.07, 6.45) is 0.845. The van der Waals surface area contributed by atoms with Crippen LogP contribution in [0.1, 0.15) is 38.3 Å². The van der Waals surface area contributed by atoms with Gasteiger partial charge in [-0.15, -0.1) is 0 Å². The van der Waals surface area contributed by atoms with Crippen molar-refractivity contribution in [2.45, 2.75) is 39.3 Å². The van der Waals surface area contributed by atoms with Crippen molar-refractivity contribution >= 4 is 11.0 Å². The number of imidazole rings is 1. The minimum atomic E-state index is -0.605. The summed E-state index contributed by atoms with van der Waals surface area (Å²) in [7, 11) is 0. The summed E-state index contributed by atoms with van der Waals surface area (Å²) in [5.41, 5.74) is 7.43. The molecule has 0 radical (unpaired) electrons. The maximum atomic E-state index is 5.99. The van der Waals surface area contributed by atoms with E-state index in [-0.39, 0.29) is 0 Å². The average Bonchev–Trinajstić information content (AvgIpc) is 3.04. The van der Waals surface area contributed by atoms with Crippen molar-refractivity contribution in [3.63, 3.8) is 0 Å². The summed E-state index contributed by atoms with van der Waals surface area (Å²) >= 11 is 0. The third kappa shape index (κ3) is 2.54. The van der Waals surface area contributed by atoms with Crippen LogP contribution < -0.4 is 5.73 Å². The van der Waals surface area contributed by atoms with Crippen LogP contribution >= 0.6 is 0 Å². The Kier molecular flexibility index (Phi) is 3.25. The highest BCUT2D eigenvalue weighted by Crippen LogP contribution is 2.19. The Hall–Kier alpha value is -2.21. The second-order valence-electron chi connectivity index (χ2n) is 5.69. The van der Waals surface area contributed by atoms with Crippen LogP contribution in [0.3, 0.4) is 0 Å². The molecule has 110 valence electrons. The second-order valence-corrected chi connectivity index (χ2v) is 5.69. The molecule has 3 aromatic rings. The van der Waals surface area contributed by atoms with Gasteiger partial charge in [-0.1, -0.05) is 24.2 Å². The fourth-order valence-corrected chi connectivity index (χ4v) is 2.29. The molecule has 3 rings (SSSR count). The molecular weight excluding hydrogens is 266 g/mol. The lowest BCUT2D eigenvalue weighted by atomic mass is 10.1. The van der Waals surface area contributed by atoms with Gasteiger partial charge in [0.25, 0.3) is 0 Å². The fraction of sp³-hybridized carbons (Fsp3) is 0.400. The van der Waals surface area contributed by atoms with Crippen LogP contribution in [0.15, 0.2) is 28.8 Å². The number of nitrogens with zero attached hydrogens (tertiary/aromatic N) is 4. The third-order valence-electron chi connectivity index (χ3n) is 3.39. The van der Waals surface area contributed by atoms with Crippen LogP contribution in [0.25, 0.3) is 11.0 Å². The Morgan fingerprint density at radius 1 is 1.24 bits per heavy atom. The fourth-order valence-electron chi connectivity index (χ4n) is 2.29. The van der Waals surface area contributed by atoms with Gasteiger partial charge in [-0.25, -0.2) is 4.98 Å². The maximum absolute atomic E-state index is 5.99. The second kappa shape index (κ2) is 4.96. The number of aromatic nitrogens is 4. The number of para-hydroxylation sites is 2. The van der Waals surface area contributed by atoms with Crippen LogP contribution in [0, 0.1) is 0 Å². The van der Waals surface area contributed by atoms with E-state index in [1.807, 2.05) is 38.1 Å². The standard InChI is InChI=1S/C15H19N5O/c1-4-12-17-10-7-5-6-8-11(10)20(12)9-13-18-14(19-21-13)15(2,3)16/h5-8H,4,9,16H2,1-3H3. The molecule has 0 amide bonds. The van der Waals surface area contributed by atoms with Crippen molar-refractivity contribution in [1.82, 2.24) is 19.7 Å². The van der Waals surface area contributed by atoms with Crippen molar-refractivity contribution in [3.8, 4) is 0 Å². The molecule has 0 aliphatic carbocycles. The highest BCUT2D eigenvalue weighted by Gasteiger charge is 2.22. The highest BCUT2D eigenvalue weighted by molar-refractivity contribution is 5.75. The summed E-state index contributed by atoms with van der Waals surface area (Å²) in [5.74, 6) is 2.06. The van der Waals surface area contributed by atoms with Crippen LogP contribution in [0.5, 0.6) is 0 Å². The van der Waals surface area contributed by atoms with E-state index in [9.17, 15) is 0 Å². The van der Waals surface area contributed by atoms with Crippen molar-refractivity contribution in [1.29, 1.82) is 0 Å². The summed E-state index contributed by atoms with van der Waals surface area (Å²) in [6, 6.07) is 8.04. The lowest BCUT2D eigenvalue weighted by Crippen LogP contribution is -2.30. The quantitative estimate of drug-likeness (QED) is 0.794. The molecule has 0 aliphatic heterocycles. The molecule has 2 heterocycles. The third-order valence-corrected chi connectivity index (χ3v) is 3.39. The van der Waals surface area contributed by atoms with E-state index >= 15 is 0 Å². The summed E-state index contributed by atoms with van der Waals surface area (Å²) < 4.78 is 7.43. The van der Waals surface area contributed by atoms with Crippen LogP contribution in [0.2, 0.25) is 0 Å². The zero-order chi connectivity index (χ0) is 15.0. The number of aryl methyl sites for hydroxylation is 1. The van der Waals surface area contributed by atoms with E-state index in [1.165, 1.54) is 0 Å². The van der Waals surface area contributed by atoms with E-state index in [0.29, 0.717) is 18.3 Å². The predicted octanol–water partition coefficient (Wildman–Crippen LogP) is 2.22. The van der Waals surface area contributed by atoms with Gasteiger partial charge in [-0.2, -0.15) is 4.98 Å². The molecule has 2 N–H and O–H groups in total. The van der Waals surface area contributed by atoms with E-state index in [0.717, 1.165) is 23.3 Å². The average molecular weight is 285 g/mol. The number of nitrogens with two attached hydrogens (primary N) is 1. The lowest BCUT2D eigenvalue weighted by Gasteiger charge is -2.11. The largest absolute Gasteiger partial charge is 0.337 e. The maximum Gasteiger partial charge on any atom is 0.246 e. The molecule has 0 unspecified atom stereocenters. The van der Waals surface area contributed by atoms with Crippen molar-refractivity contribution < 1.29 is 4.52 Å². The van der Waals surface area contributed by atoms with Gasteiger partial charge in [0.2, 0.25) is 5.89 Å². The van der Waals surface area contributed by atoms with Gasteiger partial charge in [0.05, 0.1) is 16.6 Å². The normalized spacial score (nSPS) is 12.2. The van der Waals surface area contributed by atoms with Crippen LogP contribution in [-0.2, 0) is 18.5 Å². The summed E-state index contributed by atoms with van der Waals surface area (Å²) in [4.78, 5) is 9.02. The molecule has 1 aromatic carbocycles. The first-order valence-electron chi connectivity index (χ1n) is 7.05. The molecule has 0 atom stereocenters. The predicted molar refractivity (Wildman–Crippen MR) is 79.7 cm³/mol. The minimum Gasteiger partial charge on any atom is -0.337 e. The number of rotatable bonds is 4. The molecule has 21 heavy (non-hydrogen) atoms. The zero-order valence-electron chi connectivity index (χ0n) is 12.5. The van der Waals surface area contributed by atoms with Gasteiger partial charge in [-0.3, -0.25) is 0 Å². The summed E-state index contributed by atoms with van der Waals surface area (Å²) in [5, 5.41) is 3.96. The van der Waals surface area contributed by atoms with Gasteiger partial charge < -0.3 is 14.8 Å². The van der Waals surface area contributed by atoms with Gasteiger partial charge in [0, 0.05) is 6.42 Å². The Labute approximate surface area is 123 Å². The molecule has 6 heteroatoms. The number of hydrogen-bond donors (Lipinski definition) is 1. The highest BCUT2D eigenvalue weighted by atomic mass is 16.5. The van der Waals surface area contributed by atoms with E-state index in [1.54, 1.807) is 0 Å². The van der Waals surface area contributed by atoms with E-state index in [2.05, 4.69) is 26.6 Å². The first kappa shape index (κ1) is 13.8. The zero-order valence-corrected chi connectivity index (χ0v) is 12.5. The molecule has 0 bridgehead atoms. The number of hydrogen-bond acceptors (Lipinski definition) is 5. The molecule has 0 fully saturated rings. The first-order valence-corrected chi connectivity index (χ1v) is 7.05. The lowest BCUT2D eigenvalue weighted by molar-refractivity contribution is 0.355. The van der Waals surface area contributed by atoms with Gasteiger partial charge in [0.15, 0.2) is 5.82 Å². The van der Waals surface area contributed by atoms with Crippen molar-refractivity contribution in [2.75, 3.05) is 0 Å². The van der Waals surface area contributed by atoms with Gasteiger partial charge in [-0.05, 0) is 26.0 Å². The molecule has 0 saturated heterocycles. The molecule has 0 spiro atoms. The SMILES string of the molecule is CCc1nc2ccccc2n1Cc1nc(C(C)(C)N)no1. The Morgan fingerprint density at radius 3 is 2.67 bits per heavy atom. The Bertz CT molecular complexity index is 766. The van der Waals surface area contributed by atoms with E-state index in [4.69, 9.17) is 10.3 Å². The smallest absolute Gasteiger partial charge is 0.246 e. The molecular formula is C15H19N5O. The molecule has 0 saturated carbocycles. The van der Waals surface area contributed by atoms with Gasteiger partial charge >= 0.3 is 0 Å². The Balaban J connectivity index is 1.99. The first-order chi connectivity index (χ1) is 9.99. The molecule has 6 nitrogen and oxygen atoms in total. The number of benzene rings is 1. The van der Waals surface area contributed by atoms with Crippen molar-refractivity contribution in [3.05, 3.63) is 41.8 Å². The molecule has 0 aliphatic rings. The van der Waals surface area contributed by atoms with Crippen LogP contribution in [0.4, 0.5) is 0 Å². The topological polar surface area (TPSA) is 82.8 Å². The number of fused-ring (bicyclic) bond motifs is 1. The van der Waals surface area contributed by atoms with E-state index < -0.39 is 5.54 Å². The molecule has 2 aromatic heterocycles. The van der Waals surface area contributed by atoms with Gasteiger partial charge in [0.1, 0.15) is 12.4 Å². The van der Waals surface area contributed by atoms with Crippen molar-refractivity contribution in [2.24, 2.45) is 5.73 Å². The van der Waals surface area contributed by atoms with Crippen LogP contribution in [-0.4, -0.2) is 19.7 Å². The monoisotopic (exact) mass is 285 g/mol. The minimum absolute atomic E-state index is 0.507. The summed E-state index contributed by atoms with van der Waals surface area (Å²) in [6.45, 7) is 6.30.